The van der Waals surface area contributed by atoms with Crippen LogP contribution in [0.5, 0.6) is 5.75 Å². The summed E-state index contributed by atoms with van der Waals surface area (Å²) in [7, 11) is 0. The van der Waals surface area contributed by atoms with E-state index in [2.05, 4.69) is 54.2 Å². The summed E-state index contributed by atoms with van der Waals surface area (Å²) in [5.74, 6) is -3.34. The highest BCUT2D eigenvalue weighted by atomic mass is 32.1. The number of aromatic amines is 2. The number of nitrogens with one attached hydrogen (secondary N) is 7. The van der Waals surface area contributed by atoms with E-state index in [0.717, 1.165) is 22.0 Å². The van der Waals surface area contributed by atoms with Crippen LogP contribution in [0.15, 0.2) is 128 Å². The number of nitrogens with zero attached hydrogens (tertiary/aromatic N) is 1. The highest BCUT2D eigenvalue weighted by molar-refractivity contribution is 7.80. The van der Waals surface area contributed by atoms with E-state index in [1.54, 1.807) is 54.7 Å². The first-order chi connectivity index (χ1) is 31.4. The van der Waals surface area contributed by atoms with Crippen molar-refractivity contribution >= 4 is 59.2 Å². The first-order valence-corrected chi connectivity index (χ1v) is 21.5. The number of para-hydroxylation sites is 1. The van der Waals surface area contributed by atoms with Crippen molar-refractivity contribution in [3.05, 3.63) is 156 Å². The van der Waals surface area contributed by atoms with E-state index in [4.69, 9.17) is 15.2 Å². The van der Waals surface area contributed by atoms with Crippen molar-refractivity contribution < 1.29 is 38.2 Å². The van der Waals surface area contributed by atoms with Gasteiger partial charge in [0, 0.05) is 54.0 Å². The summed E-state index contributed by atoms with van der Waals surface area (Å²) in [4.78, 5) is 91.1. The molecule has 5 atom stereocenters. The topological polar surface area (TPSA) is 252 Å². The van der Waals surface area contributed by atoms with Gasteiger partial charge in [-0.15, -0.1) is 0 Å². The third-order valence-electron chi connectivity index (χ3n) is 10.4. The molecule has 2 aromatic heterocycles. The largest absolute Gasteiger partial charge is 0.489 e. The minimum Gasteiger partial charge on any atom is -0.489 e. The van der Waals surface area contributed by atoms with Gasteiger partial charge in [-0.3, -0.25) is 24.0 Å². The number of amides is 6. The quantitative estimate of drug-likeness (QED) is 0.0454. The van der Waals surface area contributed by atoms with Crippen molar-refractivity contribution in [2.24, 2.45) is 5.73 Å². The van der Waals surface area contributed by atoms with Crippen LogP contribution < -0.4 is 37.1 Å². The van der Waals surface area contributed by atoms with Gasteiger partial charge in [-0.05, 0) is 47.4 Å². The summed E-state index contributed by atoms with van der Waals surface area (Å²) in [6.07, 6.45) is 3.70. The molecule has 65 heavy (non-hydrogen) atoms. The van der Waals surface area contributed by atoms with Crippen molar-refractivity contribution in [2.75, 3.05) is 5.75 Å². The minimum absolute atomic E-state index is 0.0164. The van der Waals surface area contributed by atoms with Gasteiger partial charge in [0.1, 0.15) is 49.2 Å². The molecule has 0 spiro atoms. The summed E-state index contributed by atoms with van der Waals surface area (Å²) in [6.45, 7) is 1.70. The second-order valence-electron chi connectivity index (χ2n) is 15.2. The maximum absolute atomic E-state index is 14.3. The van der Waals surface area contributed by atoms with E-state index in [1.807, 2.05) is 60.7 Å². The van der Waals surface area contributed by atoms with E-state index in [0.29, 0.717) is 29.2 Å². The van der Waals surface area contributed by atoms with Crippen molar-refractivity contribution in [1.82, 2.24) is 41.5 Å². The summed E-state index contributed by atoms with van der Waals surface area (Å²) in [5.41, 5.74) is 9.80. The lowest BCUT2D eigenvalue weighted by Crippen LogP contribution is -2.60. The van der Waals surface area contributed by atoms with Crippen LogP contribution in [0.1, 0.15) is 34.9 Å². The monoisotopic (exact) mass is 901 g/mol. The first-order valence-electron chi connectivity index (χ1n) is 20.8. The zero-order valence-corrected chi connectivity index (χ0v) is 36.4. The molecule has 0 saturated carbocycles. The number of hydrogen-bond acceptors (Lipinski definition) is 10. The van der Waals surface area contributed by atoms with Crippen LogP contribution in [0.2, 0.25) is 0 Å². The molecule has 0 radical (unpaired) electrons. The van der Waals surface area contributed by atoms with Gasteiger partial charge in [-0.2, -0.15) is 12.6 Å². The fraction of sp³-hybridized carbons (Fsp3) is 0.255. The zero-order chi connectivity index (χ0) is 46.1. The van der Waals surface area contributed by atoms with Crippen molar-refractivity contribution in [1.29, 1.82) is 0 Å². The predicted octanol–water partition coefficient (Wildman–Crippen LogP) is 3.17. The second kappa shape index (κ2) is 23.2. The molecule has 0 unspecified atom stereocenters. The Labute approximate surface area is 380 Å². The summed E-state index contributed by atoms with van der Waals surface area (Å²) in [5, 5.41) is 14.1. The molecule has 0 aliphatic heterocycles. The summed E-state index contributed by atoms with van der Waals surface area (Å²) in [6, 6.07) is 26.9. The number of nitrogens with two attached hydrogens (primary N) is 1. The maximum atomic E-state index is 14.3. The van der Waals surface area contributed by atoms with Crippen LogP contribution >= 0.6 is 12.6 Å². The summed E-state index contributed by atoms with van der Waals surface area (Å²) >= 11 is 4.37. The normalized spacial score (nSPS) is 13.3. The SMILES string of the molecule is C[C@H](NC(=O)[C@H](Cc1c[nH]c2ccccc12)NC(=O)[C@H](CS)NC(=O)[C@H](Cc1ccc(OCc2ccccc2)cc1)NC(=O)[C@H](Cc1cnc[nH]1)NC(=O)OCc1ccccc1)C(N)=O. The van der Waals surface area contributed by atoms with Crippen LogP contribution in [0.3, 0.4) is 0 Å². The van der Waals surface area contributed by atoms with Gasteiger partial charge < -0.3 is 51.8 Å². The molecule has 6 aromatic rings. The molecule has 17 nitrogen and oxygen atoms in total. The molecule has 0 aliphatic carbocycles. The Morgan fingerprint density at radius 3 is 1.83 bits per heavy atom. The number of aromatic nitrogens is 3. The van der Waals surface area contributed by atoms with Gasteiger partial charge in [0.05, 0.1) is 6.33 Å². The molecule has 6 rings (SSSR count). The molecule has 4 aromatic carbocycles. The summed E-state index contributed by atoms with van der Waals surface area (Å²) < 4.78 is 11.4. The van der Waals surface area contributed by atoms with Gasteiger partial charge in [0.25, 0.3) is 0 Å². The van der Waals surface area contributed by atoms with E-state index in [-0.39, 0.29) is 31.6 Å². The Morgan fingerprint density at radius 2 is 1.20 bits per heavy atom. The van der Waals surface area contributed by atoms with Crippen LogP contribution in [-0.2, 0) is 61.2 Å². The van der Waals surface area contributed by atoms with E-state index >= 15 is 0 Å². The van der Waals surface area contributed by atoms with E-state index < -0.39 is 65.8 Å². The fourth-order valence-electron chi connectivity index (χ4n) is 6.77. The molecule has 2 heterocycles. The molecule has 0 fully saturated rings. The lowest BCUT2D eigenvalue weighted by molar-refractivity contribution is -0.134. The Bertz CT molecular complexity index is 2520. The third-order valence-corrected chi connectivity index (χ3v) is 10.7. The van der Waals surface area contributed by atoms with E-state index in [1.165, 1.54) is 19.4 Å². The highest BCUT2D eigenvalue weighted by Gasteiger charge is 2.32. The van der Waals surface area contributed by atoms with Gasteiger partial charge in [-0.1, -0.05) is 91.0 Å². The second-order valence-corrected chi connectivity index (χ2v) is 15.6. The molecule has 0 bridgehead atoms. The Kier molecular flexibility index (Phi) is 16.7. The lowest BCUT2D eigenvalue weighted by Gasteiger charge is -2.26. The van der Waals surface area contributed by atoms with Crippen molar-refractivity contribution in [3.8, 4) is 5.75 Å². The number of benzene rings is 4. The van der Waals surface area contributed by atoms with Crippen LogP contribution in [-0.4, -0.2) is 86.5 Å². The number of ether oxygens (including phenoxy) is 2. The fourth-order valence-corrected chi connectivity index (χ4v) is 7.02. The number of fused-ring (bicyclic) bond motifs is 1. The van der Waals surface area contributed by atoms with Crippen molar-refractivity contribution in [3.63, 3.8) is 0 Å². The zero-order valence-electron chi connectivity index (χ0n) is 35.5. The third kappa shape index (κ3) is 13.9. The molecule has 0 saturated heterocycles. The predicted molar refractivity (Wildman–Crippen MR) is 245 cm³/mol. The van der Waals surface area contributed by atoms with E-state index in [9.17, 15) is 28.8 Å². The molecule has 18 heteroatoms. The molecule has 338 valence electrons. The van der Waals surface area contributed by atoms with Crippen molar-refractivity contribution in [2.45, 2.75) is 69.6 Å². The van der Waals surface area contributed by atoms with Gasteiger partial charge in [0.15, 0.2) is 0 Å². The number of imidazole rings is 1. The number of rotatable bonds is 22. The van der Waals surface area contributed by atoms with Crippen LogP contribution in [0.25, 0.3) is 10.9 Å². The molecular formula is C47H51N9O8S. The highest BCUT2D eigenvalue weighted by Crippen LogP contribution is 2.20. The Hall–Kier alpha value is -7.60. The van der Waals surface area contributed by atoms with Gasteiger partial charge in [0.2, 0.25) is 29.5 Å². The number of primary amides is 1. The molecule has 9 N–H and O–H groups in total. The molecule has 0 aliphatic rings. The maximum Gasteiger partial charge on any atom is 0.408 e. The molecule has 6 amide bonds. The number of carbonyl (C=O) groups is 6. The first kappa shape index (κ1) is 46.9. The van der Waals surface area contributed by atoms with Gasteiger partial charge in [-0.25, -0.2) is 9.78 Å². The number of thiol groups is 1. The number of hydrogen-bond donors (Lipinski definition) is 9. The standard InChI is InChI=1S/C47H51N9O8S/c1-29(42(48)57)52-43(58)39(21-33-23-50-37-15-9-8-14-36(33)37)54-46(61)41(27-65)55-44(59)38(20-30-16-18-35(19-17-30)63-25-31-10-4-2-5-11-31)53-45(60)40(22-34-24-49-28-51-34)56-47(62)64-26-32-12-6-3-7-13-32/h2-19,23-24,28-29,38-41,50,65H,20-22,25-27H2,1H3,(H2,48,57)(H,49,51)(H,52,58)(H,53,60)(H,54,61)(H,55,59)(H,56,62)/t29-,38-,39-,40-,41-/m0/s1. The van der Waals surface area contributed by atoms with Crippen LogP contribution in [0, 0.1) is 0 Å². The number of carbonyl (C=O) groups excluding carboxylic acids is 6. The average molecular weight is 902 g/mol. The lowest BCUT2D eigenvalue weighted by atomic mass is 10.0. The number of H-pyrrole nitrogens is 2. The smallest absolute Gasteiger partial charge is 0.408 e. The minimum atomic E-state index is -1.31. The average Bonchev–Trinajstić information content (AvgIpc) is 3.99. The molecular weight excluding hydrogens is 851 g/mol. The Balaban J connectivity index is 1.20. The van der Waals surface area contributed by atoms with Gasteiger partial charge >= 0.3 is 6.09 Å². The number of alkyl carbamates (subject to hydrolysis) is 1. The Morgan fingerprint density at radius 1 is 0.631 bits per heavy atom. The van der Waals surface area contributed by atoms with Crippen LogP contribution in [0.4, 0.5) is 4.79 Å².